The number of carbonyl (C=O) groups excluding carboxylic acids is 1. The molecule has 3 nitrogen and oxygen atoms in total. The second kappa shape index (κ2) is 5.29. The van der Waals surface area contributed by atoms with Gasteiger partial charge in [0.15, 0.2) is 5.78 Å². The van der Waals surface area contributed by atoms with Crippen LogP contribution in [0.25, 0.3) is 0 Å². The van der Waals surface area contributed by atoms with Gasteiger partial charge in [-0.25, -0.2) is 0 Å². The molecule has 0 amide bonds. The van der Waals surface area contributed by atoms with Crippen LogP contribution < -0.4 is 4.90 Å². The number of anilines is 1. The van der Waals surface area contributed by atoms with E-state index in [0.29, 0.717) is 12.1 Å². The van der Waals surface area contributed by atoms with Crippen LogP contribution >= 0.6 is 0 Å². The van der Waals surface area contributed by atoms with Crippen molar-refractivity contribution in [2.75, 3.05) is 18.5 Å². The normalized spacial score (nSPS) is 9.73. The van der Waals surface area contributed by atoms with Crippen molar-refractivity contribution >= 4 is 11.5 Å². The third-order valence-electron chi connectivity index (χ3n) is 2.20. The van der Waals surface area contributed by atoms with Crippen LogP contribution in [0.4, 0.5) is 5.69 Å². The van der Waals surface area contributed by atoms with Crippen LogP contribution in [0.15, 0.2) is 31.0 Å². The van der Waals surface area contributed by atoms with E-state index in [0.717, 1.165) is 12.2 Å². The average Bonchev–Trinajstić information content (AvgIpc) is 2.28. The molecule has 0 saturated carbocycles. The molecule has 0 aliphatic carbocycles. The Morgan fingerprint density at radius 1 is 1.60 bits per heavy atom. The summed E-state index contributed by atoms with van der Waals surface area (Å²) >= 11 is 0. The van der Waals surface area contributed by atoms with E-state index in [1.165, 1.54) is 0 Å². The van der Waals surface area contributed by atoms with Gasteiger partial charge in [0, 0.05) is 20.0 Å². The van der Waals surface area contributed by atoms with Gasteiger partial charge in [0.25, 0.3) is 0 Å². The maximum Gasteiger partial charge on any atom is 0.180 e. The van der Waals surface area contributed by atoms with Gasteiger partial charge in [0.05, 0.1) is 11.9 Å². The minimum Gasteiger partial charge on any atom is -0.370 e. The van der Waals surface area contributed by atoms with E-state index >= 15 is 0 Å². The minimum atomic E-state index is 0.0768. The highest BCUT2D eigenvalue weighted by atomic mass is 16.1. The molecule has 0 radical (unpaired) electrons. The molecule has 0 aliphatic heterocycles. The van der Waals surface area contributed by atoms with E-state index in [-0.39, 0.29) is 5.78 Å². The Labute approximate surface area is 90.4 Å². The van der Waals surface area contributed by atoms with E-state index in [9.17, 15) is 4.79 Å². The Hall–Kier alpha value is -1.64. The Morgan fingerprint density at radius 3 is 2.80 bits per heavy atom. The second-order valence-corrected chi connectivity index (χ2v) is 3.35. The molecule has 0 N–H and O–H groups in total. The summed E-state index contributed by atoms with van der Waals surface area (Å²) in [5.74, 6) is 0.0768. The average molecular weight is 204 g/mol. The number of hydrogen-bond donors (Lipinski definition) is 0. The Morgan fingerprint density at radius 2 is 2.33 bits per heavy atom. The minimum absolute atomic E-state index is 0.0768. The van der Waals surface area contributed by atoms with Crippen molar-refractivity contribution in [2.24, 2.45) is 0 Å². The monoisotopic (exact) mass is 204 g/mol. The number of ketones is 1. The highest BCUT2D eigenvalue weighted by molar-refractivity contribution is 5.94. The molecule has 0 aliphatic rings. The fraction of sp³-hybridized carbons (Fsp3) is 0.333. The van der Waals surface area contributed by atoms with Gasteiger partial charge < -0.3 is 4.90 Å². The standard InChI is InChI=1S/C12H16N2O/c1-4-8-14(3)10-6-7-11(13-9-10)12(15)5-2/h4,6-7,9H,1,5,8H2,2-3H3. The zero-order chi connectivity index (χ0) is 11.3. The third-order valence-corrected chi connectivity index (χ3v) is 2.20. The fourth-order valence-corrected chi connectivity index (χ4v) is 1.26. The summed E-state index contributed by atoms with van der Waals surface area (Å²) in [4.78, 5) is 17.5. The predicted molar refractivity (Wildman–Crippen MR) is 62.3 cm³/mol. The van der Waals surface area contributed by atoms with E-state index in [1.54, 1.807) is 12.3 Å². The maximum absolute atomic E-state index is 11.3. The Kier molecular flexibility index (Phi) is 4.03. The van der Waals surface area contributed by atoms with Gasteiger partial charge in [0.1, 0.15) is 5.69 Å². The highest BCUT2D eigenvalue weighted by Crippen LogP contribution is 2.11. The molecule has 0 fully saturated rings. The number of pyridine rings is 1. The quantitative estimate of drug-likeness (QED) is 0.545. The van der Waals surface area contributed by atoms with Gasteiger partial charge in [-0.2, -0.15) is 0 Å². The van der Waals surface area contributed by atoms with Crippen molar-refractivity contribution in [3.8, 4) is 0 Å². The smallest absolute Gasteiger partial charge is 0.180 e. The molecule has 80 valence electrons. The molecular formula is C12H16N2O. The number of nitrogens with zero attached hydrogens (tertiary/aromatic N) is 2. The number of carbonyl (C=O) groups is 1. The van der Waals surface area contributed by atoms with Gasteiger partial charge in [-0.3, -0.25) is 9.78 Å². The van der Waals surface area contributed by atoms with Gasteiger partial charge >= 0.3 is 0 Å². The van der Waals surface area contributed by atoms with E-state index < -0.39 is 0 Å². The summed E-state index contributed by atoms with van der Waals surface area (Å²) in [5, 5.41) is 0. The zero-order valence-corrected chi connectivity index (χ0v) is 9.23. The van der Waals surface area contributed by atoms with E-state index in [4.69, 9.17) is 0 Å². The third kappa shape index (κ3) is 2.91. The molecule has 0 spiro atoms. The van der Waals surface area contributed by atoms with E-state index in [1.807, 2.05) is 31.0 Å². The highest BCUT2D eigenvalue weighted by Gasteiger charge is 2.05. The molecule has 0 unspecified atom stereocenters. The van der Waals surface area contributed by atoms with Gasteiger partial charge in [-0.1, -0.05) is 13.0 Å². The van der Waals surface area contributed by atoms with Crippen LogP contribution in [-0.4, -0.2) is 24.4 Å². The summed E-state index contributed by atoms with van der Waals surface area (Å²) in [7, 11) is 1.96. The van der Waals surface area contributed by atoms with Crippen LogP contribution in [0.3, 0.4) is 0 Å². The van der Waals surface area contributed by atoms with Gasteiger partial charge in [-0.05, 0) is 12.1 Å². The summed E-state index contributed by atoms with van der Waals surface area (Å²) in [5.41, 5.74) is 1.52. The van der Waals surface area contributed by atoms with Crippen LogP contribution in [0.1, 0.15) is 23.8 Å². The SMILES string of the molecule is C=CCN(C)c1ccc(C(=O)CC)nc1. The zero-order valence-electron chi connectivity index (χ0n) is 9.23. The molecule has 1 aromatic heterocycles. The molecule has 3 heteroatoms. The fourth-order valence-electron chi connectivity index (χ4n) is 1.26. The van der Waals surface area contributed by atoms with Crippen molar-refractivity contribution in [3.05, 3.63) is 36.7 Å². The lowest BCUT2D eigenvalue weighted by atomic mass is 10.2. The summed E-state index contributed by atoms with van der Waals surface area (Å²) < 4.78 is 0. The van der Waals surface area contributed by atoms with E-state index in [2.05, 4.69) is 11.6 Å². The Bertz CT molecular complexity index is 343. The maximum atomic E-state index is 11.3. The predicted octanol–water partition coefficient (Wildman–Crippen LogP) is 2.30. The van der Waals surface area contributed by atoms with Crippen LogP contribution in [0, 0.1) is 0 Å². The van der Waals surface area contributed by atoms with Gasteiger partial charge in [0.2, 0.25) is 0 Å². The number of aromatic nitrogens is 1. The lowest BCUT2D eigenvalue weighted by molar-refractivity contribution is 0.0983. The van der Waals surface area contributed by atoms with Crippen molar-refractivity contribution < 1.29 is 4.79 Å². The van der Waals surface area contributed by atoms with Crippen LogP contribution in [-0.2, 0) is 0 Å². The molecule has 0 bridgehead atoms. The first-order valence-corrected chi connectivity index (χ1v) is 5.00. The molecular weight excluding hydrogens is 188 g/mol. The topological polar surface area (TPSA) is 33.2 Å². The molecule has 0 aromatic carbocycles. The number of hydrogen-bond acceptors (Lipinski definition) is 3. The van der Waals surface area contributed by atoms with Crippen LogP contribution in [0.2, 0.25) is 0 Å². The molecule has 0 atom stereocenters. The Balaban J connectivity index is 2.80. The first-order chi connectivity index (χ1) is 7.19. The van der Waals surface area contributed by atoms with Gasteiger partial charge in [-0.15, -0.1) is 6.58 Å². The molecule has 0 saturated heterocycles. The van der Waals surface area contributed by atoms with Crippen molar-refractivity contribution in [1.82, 2.24) is 4.98 Å². The van der Waals surface area contributed by atoms with Crippen molar-refractivity contribution in [3.63, 3.8) is 0 Å². The number of likely N-dealkylation sites (N-methyl/N-ethyl adjacent to an activating group) is 1. The lowest BCUT2D eigenvalue weighted by Crippen LogP contribution is -2.17. The first kappa shape index (κ1) is 11.4. The molecule has 1 aromatic rings. The molecule has 1 heterocycles. The lowest BCUT2D eigenvalue weighted by Gasteiger charge is -2.16. The summed E-state index contributed by atoms with van der Waals surface area (Å²) in [6, 6.07) is 3.67. The van der Waals surface area contributed by atoms with Crippen molar-refractivity contribution in [2.45, 2.75) is 13.3 Å². The van der Waals surface area contributed by atoms with Crippen LogP contribution in [0.5, 0.6) is 0 Å². The number of Topliss-reactive ketones (excluding diaryl/α,β-unsaturated/α-hetero) is 1. The number of rotatable bonds is 5. The molecule has 1 rings (SSSR count). The van der Waals surface area contributed by atoms with Crippen molar-refractivity contribution in [1.29, 1.82) is 0 Å². The summed E-state index contributed by atoms with van der Waals surface area (Å²) in [6.45, 7) is 6.27. The first-order valence-electron chi connectivity index (χ1n) is 5.00. The largest absolute Gasteiger partial charge is 0.370 e. The molecule has 15 heavy (non-hydrogen) atoms. The summed E-state index contributed by atoms with van der Waals surface area (Å²) in [6.07, 6.45) is 4.03. The second-order valence-electron chi connectivity index (χ2n) is 3.35.